The van der Waals surface area contributed by atoms with Crippen LogP contribution in [0.3, 0.4) is 0 Å². The quantitative estimate of drug-likeness (QED) is 0.377. The standard InChI is InChI=1S/C16H26O3Si/c1-5-14-9-8-10-15(13-14)11-12-19-20-16(4,17-6-2)18-7-3/h5,8-10,13H,1,6-7,11-12,20H2,2-4H3. The van der Waals surface area contributed by atoms with Crippen molar-refractivity contribution in [3.05, 3.63) is 42.0 Å². The van der Waals surface area contributed by atoms with Gasteiger partial charge in [-0.3, -0.25) is 0 Å². The maximum absolute atomic E-state index is 5.84. The van der Waals surface area contributed by atoms with Crippen LogP contribution in [0, 0.1) is 0 Å². The van der Waals surface area contributed by atoms with Crippen LogP contribution in [0.1, 0.15) is 31.9 Å². The fraction of sp³-hybridized carbons (Fsp3) is 0.500. The second-order valence-corrected chi connectivity index (χ2v) is 6.73. The zero-order valence-electron chi connectivity index (χ0n) is 12.9. The van der Waals surface area contributed by atoms with Gasteiger partial charge in [0.05, 0.1) is 0 Å². The molecule has 0 aromatic heterocycles. The van der Waals surface area contributed by atoms with Crippen molar-refractivity contribution in [3.63, 3.8) is 0 Å². The van der Waals surface area contributed by atoms with Gasteiger partial charge in [-0.05, 0) is 38.3 Å². The van der Waals surface area contributed by atoms with E-state index >= 15 is 0 Å². The van der Waals surface area contributed by atoms with E-state index in [1.54, 1.807) is 0 Å². The first-order valence-electron chi connectivity index (χ1n) is 7.20. The molecule has 0 fully saturated rings. The Labute approximate surface area is 124 Å². The molecule has 112 valence electrons. The van der Waals surface area contributed by atoms with Crippen LogP contribution in [0.5, 0.6) is 0 Å². The third kappa shape index (κ3) is 6.01. The molecule has 3 nitrogen and oxygen atoms in total. The molecule has 1 aromatic rings. The molecule has 0 aliphatic rings. The molecular formula is C16H26O3Si. The van der Waals surface area contributed by atoms with E-state index in [2.05, 4.69) is 18.7 Å². The van der Waals surface area contributed by atoms with Crippen LogP contribution in [0.25, 0.3) is 6.08 Å². The molecule has 0 saturated carbocycles. The maximum atomic E-state index is 5.84. The van der Waals surface area contributed by atoms with Crippen LogP contribution in [-0.4, -0.2) is 35.0 Å². The summed E-state index contributed by atoms with van der Waals surface area (Å²) in [7, 11) is -0.889. The first kappa shape index (κ1) is 17.1. The van der Waals surface area contributed by atoms with E-state index in [0.29, 0.717) is 19.8 Å². The third-order valence-electron chi connectivity index (χ3n) is 2.99. The van der Waals surface area contributed by atoms with Gasteiger partial charge < -0.3 is 13.9 Å². The number of hydrogen-bond acceptors (Lipinski definition) is 3. The summed E-state index contributed by atoms with van der Waals surface area (Å²) in [6.07, 6.45) is 2.77. The lowest BCUT2D eigenvalue weighted by Crippen LogP contribution is -2.41. The minimum absolute atomic E-state index is 0.507. The number of hydrogen-bond donors (Lipinski definition) is 0. The van der Waals surface area contributed by atoms with Gasteiger partial charge in [0, 0.05) is 19.8 Å². The number of benzene rings is 1. The van der Waals surface area contributed by atoms with Crippen LogP contribution >= 0.6 is 0 Å². The summed E-state index contributed by atoms with van der Waals surface area (Å²) in [5, 5.41) is 0. The second-order valence-electron chi connectivity index (χ2n) is 4.75. The van der Waals surface area contributed by atoms with Crippen LogP contribution < -0.4 is 0 Å². The minimum Gasteiger partial charge on any atom is -0.417 e. The van der Waals surface area contributed by atoms with Crippen molar-refractivity contribution < 1.29 is 13.9 Å². The van der Waals surface area contributed by atoms with Crippen LogP contribution in [0.4, 0.5) is 0 Å². The Bertz CT molecular complexity index is 400. The first-order chi connectivity index (χ1) is 9.63. The monoisotopic (exact) mass is 294 g/mol. The van der Waals surface area contributed by atoms with Gasteiger partial charge in [0.25, 0.3) is 0 Å². The fourth-order valence-corrected chi connectivity index (χ4v) is 3.29. The Morgan fingerprint density at radius 2 is 1.95 bits per heavy atom. The van der Waals surface area contributed by atoms with E-state index in [4.69, 9.17) is 13.9 Å². The molecule has 0 atom stereocenters. The zero-order valence-corrected chi connectivity index (χ0v) is 14.3. The molecule has 0 bridgehead atoms. The summed E-state index contributed by atoms with van der Waals surface area (Å²) in [4.78, 5) is 0. The minimum atomic E-state index is -0.889. The van der Waals surface area contributed by atoms with Crippen LogP contribution in [0.15, 0.2) is 30.8 Å². The van der Waals surface area contributed by atoms with E-state index in [-0.39, 0.29) is 0 Å². The normalized spacial score (nSPS) is 12.2. The average molecular weight is 294 g/mol. The van der Waals surface area contributed by atoms with Crippen LogP contribution in [0.2, 0.25) is 0 Å². The molecule has 1 rings (SSSR count). The fourth-order valence-electron chi connectivity index (χ4n) is 2.06. The van der Waals surface area contributed by atoms with Gasteiger partial charge in [0.2, 0.25) is 9.76 Å². The zero-order chi connectivity index (χ0) is 14.8. The van der Waals surface area contributed by atoms with E-state index in [1.807, 2.05) is 39.0 Å². The van der Waals surface area contributed by atoms with Crippen LogP contribution in [-0.2, 0) is 20.3 Å². The molecule has 0 unspecified atom stereocenters. The Kier molecular flexibility index (Phi) is 7.77. The summed E-state index contributed by atoms with van der Waals surface area (Å²) in [5.41, 5.74) is 1.91. The average Bonchev–Trinajstić information content (AvgIpc) is 2.44. The molecule has 20 heavy (non-hydrogen) atoms. The predicted molar refractivity (Wildman–Crippen MR) is 86.4 cm³/mol. The summed E-state index contributed by atoms with van der Waals surface area (Å²) in [5.74, 6) is 0. The van der Waals surface area contributed by atoms with Gasteiger partial charge in [-0.2, -0.15) is 0 Å². The third-order valence-corrected chi connectivity index (χ3v) is 4.41. The summed E-state index contributed by atoms with van der Waals surface area (Å²) in [6, 6.07) is 8.35. The van der Waals surface area contributed by atoms with Gasteiger partial charge in [-0.15, -0.1) is 0 Å². The van der Waals surface area contributed by atoms with E-state index in [1.165, 1.54) is 5.56 Å². The number of ether oxygens (including phenoxy) is 2. The van der Waals surface area contributed by atoms with Crippen molar-refractivity contribution in [1.82, 2.24) is 0 Å². The molecule has 4 heteroatoms. The van der Waals surface area contributed by atoms with Crippen molar-refractivity contribution in [3.8, 4) is 0 Å². The van der Waals surface area contributed by atoms with Gasteiger partial charge in [-0.1, -0.05) is 36.9 Å². The topological polar surface area (TPSA) is 27.7 Å². The molecule has 0 amide bonds. The maximum Gasteiger partial charge on any atom is 0.227 e. The molecular weight excluding hydrogens is 268 g/mol. The smallest absolute Gasteiger partial charge is 0.227 e. The van der Waals surface area contributed by atoms with Crippen molar-refractivity contribution in [2.75, 3.05) is 19.8 Å². The molecule has 0 radical (unpaired) electrons. The van der Waals surface area contributed by atoms with E-state index in [0.717, 1.165) is 12.0 Å². The van der Waals surface area contributed by atoms with Gasteiger partial charge in [-0.25, -0.2) is 0 Å². The summed E-state index contributed by atoms with van der Waals surface area (Å²) < 4.78 is 17.2. The molecule has 0 heterocycles. The lowest BCUT2D eigenvalue weighted by molar-refractivity contribution is -0.169. The second kappa shape index (κ2) is 9.08. The lowest BCUT2D eigenvalue weighted by atomic mass is 10.1. The van der Waals surface area contributed by atoms with Crippen molar-refractivity contribution in [2.24, 2.45) is 0 Å². The van der Waals surface area contributed by atoms with Gasteiger partial charge in [0.1, 0.15) is 0 Å². The van der Waals surface area contributed by atoms with Gasteiger partial charge >= 0.3 is 0 Å². The lowest BCUT2D eigenvalue weighted by Gasteiger charge is -2.28. The molecule has 1 aromatic carbocycles. The Morgan fingerprint density at radius 1 is 1.25 bits per heavy atom. The highest BCUT2D eigenvalue weighted by molar-refractivity contribution is 6.30. The van der Waals surface area contributed by atoms with Crippen molar-refractivity contribution >= 4 is 15.8 Å². The van der Waals surface area contributed by atoms with Gasteiger partial charge in [0.15, 0.2) is 5.41 Å². The predicted octanol–water partition coefficient (Wildman–Crippen LogP) is 2.72. The molecule has 0 spiro atoms. The highest BCUT2D eigenvalue weighted by Crippen LogP contribution is 2.12. The van der Waals surface area contributed by atoms with Crippen molar-refractivity contribution in [2.45, 2.75) is 32.6 Å². The van der Waals surface area contributed by atoms with E-state index < -0.39 is 15.2 Å². The molecule has 0 aliphatic heterocycles. The molecule has 0 aliphatic carbocycles. The molecule has 0 saturated heterocycles. The Morgan fingerprint density at radius 3 is 2.55 bits per heavy atom. The Balaban J connectivity index is 2.37. The molecule has 0 N–H and O–H groups in total. The first-order valence-corrected chi connectivity index (χ1v) is 8.49. The SMILES string of the molecule is C=Cc1cccc(CCO[SiH2]C(C)(OCC)OCC)c1. The number of rotatable bonds is 10. The van der Waals surface area contributed by atoms with E-state index in [9.17, 15) is 0 Å². The summed E-state index contributed by atoms with van der Waals surface area (Å²) >= 11 is 0. The highest BCUT2D eigenvalue weighted by atomic mass is 28.2. The van der Waals surface area contributed by atoms with Crippen molar-refractivity contribution in [1.29, 1.82) is 0 Å². The highest BCUT2D eigenvalue weighted by Gasteiger charge is 2.25. The Hall–Kier alpha value is -0.943. The largest absolute Gasteiger partial charge is 0.417 e. The summed E-state index contributed by atoms with van der Waals surface area (Å²) in [6.45, 7) is 11.7.